The van der Waals surface area contributed by atoms with Gasteiger partial charge in [-0.15, -0.1) is 0 Å². The van der Waals surface area contributed by atoms with Gasteiger partial charge in [0.15, 0.2) is 5.69 Å². The number of nitrogens with zero attached hydrogens (tertiary/aromatic N) is 4. The molecule has 12 nitrogen and oxygen atoms in total. The lowest BCUT2D eigenvalue weighted by Gasteiger charge is -2.31. The SMILES string of the molecule is CN(CCCOCCCNc1cccc2c1C(=O)N(C1CCC(=O)NC1=O)C2=O)C[C@H]1CC[C@H](n2cc(N)c(C(F)F)n2)CC1. The van der Waals surface area contributed by atoms with E-state index in [2.05, 4.69) is 27.7 Å². The summed E-state index contributed by atoms with van der Waals surface area (Å²) in [6.07, 6.45) is 4.47. The average molecular weight is 630 g/mol. The molecule has 1 saturated carbocycles. The Balaban J connectivity index is 0.961. The number of rotatable bonds is 14. The van der Waals surface area contributed by atoms with Crippen LogP contribution in [0, 0.1) is 5.92 Å². The average Bonchev–Trinajstić information content (AvgIpc) is 3.52. The van der Waals surface area contributed by atoms with E-state index in [0.717, 1.165) is 50.1 Å². The summed E-state index contributed by atoms with van der Waals surface area (Å²) >= 11 is 0. The minimum Gasteiger partial charge on any atom is -0.396 e. The number of carbonyl (C=O) groups is 4. The lowest BCUT2D eigenvalue weighted by molar-refractivity contribution is -0.136. The third kappa shape index (κ3) is 7.50. The van der Waals surface area contributed by atoms with Crippen LogP contribution in [-0.2, 0) is 14.3 Å². The van der Waals surface area contributed by atoms with Gasteiger partial charge in [-0.1, -0.05) is 6.07 Å². The van der Waals surface area contributed by atoms with Crippen LogP contribution in [0.5, 0.6) is 0 Å². The van der Waals surface area contributed by atoms with E-state index in [-0.39, 0.29) is 41.4 Å². The first-order chi connectivity index (χ1) is 21.6. The van der Waals surface area contributed by atoms with Crippen LogP contribution in [0.4, 0.5) is 20.2 Å². The van der Waals surface area contributed by atoms with Gasteiger partial charge in [-0.2, -0.15) is 5.10 Å². The molecule has 1 unspecified atom stereocenters. The first kappa shape index (κ1) is 32.5. The summed E-state index contributed by atoms with van der Waals surface area (Å²) < 4.78 is 33.5. The number of fused-ring (bicyclic) bond motifs is 1. The molecule has 0 spiro atoms. The molecular weight excluding hydrogens is 588 g/mol. The van der Waals surface area contributed by atoms with Crippen molar-refractivity contribution in [2.75, 3.05) is 50.9 Å². The van der Waals surface area contributed by atoms with E-state index >= 15 is 0 Å². The number of nitrogens with two attached hydrogens (primary N) is 1. The van der Waals surface area contributed by atoms with E-state index in [4.69, 9.17) is 10.5 Å². The monoisotopic (exact) mass is 629 g/mol. The van der Waals surface area contributed by atoms with E-state index in [1.807, 2.05) is 0 Å². The molecule has 2 aliphatic heterocycles. The molecule has 0 bridgehead atoms. The van der Waals surface area contributed by atoms with Gasteiger partial charge in [-0.3, -0.25) is 34.1 Å². The lowest BCUT2D eigenvalue weighted by Crippen LogP contribution is -2.54. The number of aromatic nitrogens is 2. The van der Waals surface area contributed by atoms with E-state index in [1.165, 1.54) is 6.20 Å². The van der Waals surface area contributed by atoms with Crippen LogP contribution in [0.25, 0.3) is 0 Å². The van der Waals surface area contributed by atoms with Gasteiger partial charge in [0.05, 0.1) is 22.9 Å². The second-order valence-electron chi connectivity index (χ2n) is 12.1. The number of imide groups is 2. The molecule has 4 N–H and O–H groups in total. The Kier molecular flexibility index (Phi) is 10.4. The number of hydrogen-bond donors (Lipinski definition) is 3. The molecule has 2 aromatic rings. The molecule has 1 aromatic carbocycles. The summed E-state index contributed by atoms with van der Waals surface area (Å²) in [6.45, 7) is 3.58. The van der Waals surface area contributed by atoms with Gasteiger partial charge in [0.1, 0.15) is 6.04 Å². The van der Waals surface area contributed by atoms with Gasteiger partial charge < -0.3 is 20.7 Å². The molecule has 1 aromatic heterocycles. The van der Waals surface area contributed by atoms with Crippen molar-refractivity contribution in [1.29, 1.82) is 0 Å². The molecule has 3 heterocycles. The predicted molar refractivity (Wildman–Crippen MR) is 162 cm³/mol. The van der Waals surface area contributed by atoms with Gasteiger partial charge in [-0.25, -0.2) is 8.78 Å². The summed E-state index contributed by atoms with van der Waals surface area (Å²) in [5.41, 5.74) is 6.44. The quantitative estimate of drug-likeness (QED) is 0.211. The molecule has 1 aliphatic carbocycles. The zero-order chi connectivity index (χ0) is 32.1. The first-order valence-electron chi connectivity index (χ1n) is 15.6. The second kappa shape index (κ2) is 14.5. The molecule has 1 saturated heterocycles. The number of anilines is 2. The first-order valence-corrected chi connectivity index (χ1v) is 15.6. The van der Waals surface area contributed by atoms with Gasteiger partial charge in [0.25, 0.3) is 18.2 Å². The lowest BCUT2D eigenvalue weighted by atomic mass is 9.86. The minimum atomic E-state index is -2.66. The molecule has 4 amide bonds. The Labute approximate surface area is 260 Å². The van der Waals surface area contributed by atoms with Crippen molar-refractivity contribution in [3.63, 3.8) is 0 Å². The van der Waals surface area contributed by atoms with Crippen LogP contribution in [0.15, 0.2) is 24.4 Å². The molecule has 14 heteroatoms. The highest BCUT2D eigenvalue weighted by molar-refractivity contribution is 6.25. The van der Waals surface area contributed by atoms with Crippen molar-refractivity contribution < 1.29 is 32.7 Å². The van der Waals surface area contributed by atoms with Gasteiger partial charge in [0.2, 0.25) is 11.8 Å². The van der Waals surface area contributed by atoms with Crippen LogP contribution < -0.4 is 16.4 Å². The third-order valence-corrected chi connectivity index (χ3v) is 8.83. The summed E-state index contributed by atoms with van der Waals surface area (Å²) in [4.78, 5) is 53.3. The van der Waals surface area contributed by atoms with E-state index < -0.39 is 36.1 Å². The zero-order valence-corrected chi connectivity index (χ0v) is 25.5. The number of amides is 4. The number of nitrogen functional groups attached to an aromatic ring is 1. The summed E-state index contributed by atoms with van der Waals surface area (Å²) in [5, 5.41) is 9.45. The standard InChI is InChI=1S/C31H41F2N7O5/c1-38(17-19-7-9-20(10-8-19)39-18-22(34)27(37-39)28(32)33)14-4-16-45-15-3-13-35-23-6-2-5-21-26(23)31(44)40(30(21)43)24-11-12-25(41)36-29(24)42/h2,5-6,18-20,24,28,35H,3-4,7-17,34H2,1H3,(H,36,41,42)/t19-,20-,24?. The molecule has 5 rings (SSSR count). The molecule has 244 valence electrons. The largest absolute Gasteiger partial charge is 0.396 e. The Morgan fingerprint density at radius 3 is 2.56 bits per heavy atom. The minimum absolute atomic E-state index is 0.0546. The second-order valence-corrected chi connectivity index (χ2v) is 12.1. The Bertz CT molecular complexity index is 1410. The molecular formula is C31H41F2N7O5. The maximum atomic E-state index is 13.2. The summed E-state index contributed by atoms with van der Waals surface area (Å²) in [5.74, 6) is -1.55. The summed E-state index contributed by atoms with van der Waals surface area (Å²) in [6, 6.07) is 4.12. The maximum Gasteiger partial charge on any atom is 0.284 e. The molecule has 0 radical (unpaired) electrons. The number of ether oxygens (including phenoxy) is 1. The number of nitrogens with one attached hydrogen (secondary N) is 2. The predicted octanol–water partition coefficient (Wildman–Crippen LogP) is 3.38. The van der Waals surface area contributed by atoms with Crippen molar-refractivity contribution in [2.24, 2.45) is 5.92 Å². The number of carbonyl (C=O) groups excluding carboxylic acids is 4. The molecule has 2 fully saturated rings. The van der Waals surface area contributed by atoms with Gasteiger partial charge in [-0.05, 0) is 70.0 Å². The maximum absolute atomic E-state index is 13.2. The highest BCUT2D eigenvalue weighted by atomic mass is 19.3. The van der Waals surface area contributed by atoms with Crippen LogP contribution >= 0.6 is 0 Å². The van der Waals surface area contributed by atoms with E-state index in [9.17, 15) is 28.0 Å². The van der Waals surface area contributed by atoms with Gasteiger partial charge in [0, 0.05) is 51.2 Å². The van der Waals surface area contributed by atoms with Crippen molar-refractivity contribution >= 4 is 35.0 Å². The summed E-state index contributed by atoms with van der Waals surface area (Å²) in [7, 11) is 2.10. The number of hydrogen-bond acceptors (Lipinski definition) is 9. The topological polar surface area (TPSA) is 152 Å². The third-order valence-electron chi connectivity index (χ3n) is 8.83. The fourth-order valence-corrected chi connectivity index (χ4v) is 6.50. The molecule has 45 heavy (non-hydrogen) atoms. The highest BCUT2D eigenvalue weighted by Gasteiger charge is 2.45. The van der Waals surface area contributed by atoms with Crippen LogP contribution in [-0.4, -0.2) is 89.1 Å². The fourth-order valence-electron chi connectivity index (χ4n) is 6.50. The normalized spacial score (nSPS) is 22.0. The van der Waals surface area contributed by atoms with Crippen LogP contribution in [0.3, 0.4) is 0 Å². The van der Waals surface area contributed by atoms with Crippen molar-refractivity contribution in [1.82, 2.24) is 24.9 Å². The molecule has 1 atom stereocenters. The Hall–Kier alpha value is -3.91. The zero-order valence-electron chi connectivity index (χ0n) is 25.5. The van der Waals surface area contributed by atoms with Gasteiger partial charge >= 0.3 is 0 Å². The van der Waals surface area contributed by atoms with Crippen molar-refractivity contribution in [2.45, 2.75) is 69.9 Å². The number of benzene rings is 1. The Morgan fingerprint density at radius 1 is 1.09 bits per heavy atom. The fraction of sp³-hybridized carbons (Fsp3) is 0.581. The van der Waals surface area contributed by atoms with Crippen molar-refractivity contribution in [3.8, 4) is 0 Å². The van der Waals surface area contributed by atoms with Crippen LogP contribution in [0.1, 0.15) is 90.2 Å². The molecule has 3 aliphatic rings. The smallest absolute Gasteiger partial charge is 0.284 e. The Morgan fingerprint density at radius 2 is 1.84 bits per heavy atom. The van der Waals surface area contributed by atoms with Crippen LogP contribution in [0.2, 0.25) is 0 Å². The van der Waals surface area contributed by atoms with Crippen molar-refractivity contribution in [3.05, 3.63) is 41.2 Å². The van der Waals surface area contributed by atoms with E-state index in [1.54, 1.807) is 22.9 Å². The number of alkyl halides is 2. The number of piperidine rings is 1. The number of halogens is 2. The highest BCUT2D eigenvalue weighted by Crippen LogP contribution is 2.35. The van der Waals surface area contributed by atoms with E-state index in [0.29, 0.717) is 37.8 Å².